The Hall–Kier alpha value is -2.94. The Morgan fingerprint density at radius 2 is 0.758 bits per heavy atom. The number of phenolic OH excluding ortho intramolecular Hbond substituents is 3. The van der Waals surface area contributed by atoms with E-state index in [0.29, 0.717) is 34.1 Å². The Kier molecular flexibility index (Phi) is 6.30. The van der Waals surface area contributed by atoms with Crippen molar-refractivity contribution in [1.29, 1.82) is 0 Å². The molecule has 0 aromatic heterocycles. The second-order valence-electron chi connectivity index (χ2n) is 9.86. The molecule has 0 spiro atoms. The Labute approximate surface area is 196 Å². The van der Waals surface area contributed by atoms with Crippen LogP contribution in [0.1, 0.15) is 87.2 Å². The molecule has 5 rings (SSSR count). The van der Waals surface area contributed by atoms with Gasteiger partial charge in [-0.2, -0.15) is 0 Å². The van der Waals surface area contributed by atoms with Crippen LogP contribution in [0.4, 0.5) is 0 Å². The van der Waals surface area contributed by atoms with Crippen LogP contribution in [0.5, 0.6) is 17.2 Å². The van der Waals surface area contributed by atoms with E-state index in [1.54, 1.807) is 0 Å². The average molecular weight is 443 g/mol. The minimum Gasteiger partial charge on any atom is -0.507 e. The van der Waals surface area contributed by atoms with Crippen molar-refractivity contribution in [3.05, 3.63) is 65.7 Å². The standard InChI is InChI=1S/C30H34O3/c31-28-22(20-10-3-1-4-11-20)14-7-16-24(28)26-18-9-19-27(30(26)33)25-17-8-15-23(29(25)32)21-12-5-2-6-13-21/h7-9,14-21,31-33H,1-6,10-13H2. The van der Waals surface area contributed by atoms with Crippen molar-refractivity contribution < 1.29 is 15.3 Å². The third-order valence-electron chi connectivity index (χ3n) is 7.84. The molecule has 0 heterocycles. The molecule has 2 fully saturated rings. The zero-order chi connectivity index (χ0) is 22.8. The molecule has 3 aromatic rings. The summed E-state index contributed by atoms with van der Waals surface area (Å²) in [5.41, 5.74) is 4.48. The number of phenols is 3. The predicted octanol–water partition coefficient (Wildman–Crippen LogP) is 8.23. The molecule has 2 aliphatic rings. The van der Waals surface area contributed by atoms with E-state index in [9.17, 15) is 15.3 Å². The molecular formula is C30H34O3. The Morgan fingerprint density at radius 1 is 0.424 bits per heavy atom. The lowest BCUT2D eigenvalue weighted by Crippen LogP contribution is -2.05. The smallest absolute Gasteiger partial charge is 0.131 e. The zero-order valence-corrected chi connectivity index (χ0v) is 19.3. The maximum atomic E-state index is 11.3. The molecule has 0 unspecified atom stereocenters. The lowest BCUT2D eigenvalue weighted by Gasteiger charge is -2.24. The fourth-order valence-electron chi connectivity index (χ4n) is 6.02. The summed E-state index contributed by atoms with van der Waals surface area (Å²) in [6.45, 7) is 0. The summed E-state index contributed by atoms with van der Waals surface area (Å²) >= 11 is 0. The highest BCUT2D eigenvalue weighted by atomic mass is 16.3. The quantitative estimate of drug-likeness (QED) is 0.381. The van der Waals surface area contributed by atoms with Gasteiger partial charge < -0.3 is 15.3 Å². The Balaban J connectivity index is 1.55. The third kappa shape index (κ3) is 4.21. The van der Waals surface area contributed by atoms with Gasteiger partial charge in [-0.1, -0.05) is 93.1 Å². The molecule has 0 radical (unpaired) electrons. The highest BCUT2D eigenvalue weighted by Crippen LogP contribution is 2.48. The summed E-state index contributed by atoms with van der Waals surface area (Å²) in [5, 5.41) is 33.7. The summed E-state index contributed by atoms with van der Waals surface area (Å²) < 4.78 is 0. The van der Waals surface area contributed by atoms with Gasteiger partial charge in [0.1, 0.15) is 17.2 Å². The van der Waals surface area contributed by atoms with E-state index >= 15 is 0 Å². The van der Waals surface area contributed by atoms with E-state index in [2.05, 4.69) is 0 Å². The summed E-state index contributed by atoms with van der Waals surface area (Å²) in [7, 11) is 0. The Bertz CT molecular complexity index is 1040. The van der Waals surface area contributed by atoms with Gasteiger partial charge in [-0.05, 0) is 48.6 Å². The van der Waals surface area contributed by atoms with Gasteiger partial charge in [0.2, 0.25) is 0 Å². The van der Waals surface area contributed by atoms with Gasteiger partial charge in [0.05, 0.1) is 0 Å². The molecule has 0 amide bonds. The van der Waals surface area contributed by atoms with Crippen molar-refractivity contribution in [1.82, 2.24) is 0 Å². The molecule has 33 heavy (non-hydrogen) atoms. The highest BCUT2D eigenvalue weighted by molar-refractivity contribution is 5.87. The summed E-state index contributed by atoms with van der Waals surface area (Å²) in [6, 6.07) is 17.3. The van der Waals surface area contributed by atoms with Gasteiger partial charge in [-0.25, -0.2) is 0 Å². The molecule has 0 aliphatic heterocycles. The molecule has 172 valence electrons. The zero-order valence-electron chi connectivity index (χ0n) is 19.3. The molecule has 2 saturated carbocycles. The molecule has 3 heteroatoms. The summed E-state index contributed by atoms with van der Waals surface area (Å²) in [5.74, 6) is 1.40. The monoisotopic (exact) mass is 442 g/mol. The molecule has 3 aromatic carbocycles. The van der Waals surface area contributed by atoms with Crippen LogP contribution in [0.3, 0.4) is 0 Å². The molecular weight excluding hydrogens is 408 g/mol. The van der Waals surface area contributed by atoms with Crippen molar-refractivity contribution >= 4 is 0 Å². The lowest BCUT2D eigenvalue weighted by atomic mass is 9.82. The van der Waals surface area contributed by atoms with Gasteiger partial charge in [-0.15, -0.1) is 0 Å². The topological polar surface area (TPSA) is 60.7 Å². The molecule has 0 atom stereocenters. The van der Waals surface area contributed by atoms with E-state index in [4.69, 9.17) is 0 Å². The largest absolute Gasteiger partial charge is 0.507 e. The first-order valence-corrected chi connectivity index (χ1v) is 12.6. The summed E-state index contributed by atoms with van der Waals surface area (Å²) in [6.07, 6.45) is 11.7. The maximum Gasteiger partial charge on any atom is 0.131 e. The van der Waals surface area contributed by atoms with Crippen LogP contribution in [0.25, 0.3) is 22.3 Å². The van der Waals surface area contributed by atoms with Crippen LogP contribution >= 0.6 is 0 Å². The first kappa shape index (κ1) is 21.9. The normalized spacial score (nSPS) is 17.8. The molecule has 2 aliphatic carbocycles. The SMILES string of the molecule is Oc1c(-c2cccc(C3CCCCC3)c2O)cccc1-c1cccc(C2CCCCC2)c1O. The number of para-hydroxylation sites is 3. The van der Waals surface area contributed by atoms with Gasteiger partial charge >= 0.3 is 0 Å². The van der Waals surface area contributed by atoms with E-state index in [0.717, 1.165) is 36.8 Å². The third-order valence-corrected chi connectivity index (χ3v) is 7.84. The van der Waals surface area contributed by atoms with Crippen LogP contribution in [-0.4, -0.2) is 15.3 Å². The van der Waals surface area contributed by atoms with Crippen molar-refractivity contribution in [3.8, 4) is 39.5 Å². The number of rotatable bonds is 4. The first-order valence-electron chi connectivity index (χ1n) is 12.6. The first-order chi connectivity index (χ1) is 16.1. The minimum atomic E-state index is 0.102. The van der Waals surface area contributed by atoms with Crippen molar-refractivity contribution in [2.45, 2.75) is 76.0 Å². The van der Waals surface area contributed by atoms with Crippen LogP contribution in [0, 0.1) is 0 Å². The molecule has 0 saturated heterocycles. The van der Waals surface area contributed by atoms with Gasteiger partial charge in [0.25, 0.3) is 0 Å². The van der Waals surface area contributed by atoms with E-state index in [1.807, 2.05) is 54.6 Å². The van der Waals surface area contributed by atoms with E-state index in [-0.39, 0.29) is 17.2 Å². The average Bonchev–Trinajstić information content (AvgIpc) is 2.86. The number of hydrogen-bond donors (Lipinski definition) is 3. The summed E-state index contributed by atoms with van der Waals surface area (Å²) in [4.78, 5) is 0. The van der Waals surface area contributed by atoms with Crippen LogP contribution in [0.2, 0.25) is 0 Å². The Morgan fingerprint density at radius 3 is 1.15 bits per heavy atom. The second kappa shape index (κ2) is 9.51. The van der Waals surface area contributed by atoms with E-state index < -0.39 is 0 Å². The highest BCUT2D eigenvalue weighted by Gasteiger charge is 2.24. The van der Waals surface area contributed by atoms with E-state index in [1.165, 1.54) is 38.5 Å². The number of benzene rings is 3. The maximum absolute atomic E-state index is 11.3. The van der Waals surface area contributed by atoms with Crippen LogP contribution < -0.4 is 0 Å². The molecule has 3 N–H and O–H groups in total. The molecule has 3 nitrogen and oxygen atoms in total. The fraction of sp³-hybridized carbons (Fsp3) is 0.400. The van der Waals surface area contributed by atoms with Crippen LogP contribution in [0.15, 0.2) is 54.6 Å². The predicted molar refractivity (Wildman–Crippen MR) is 134 cm³/mol. The minimum absolute atomic E-state index is 0.102. The van der Waals surface area contributed by atoms with Crippen molar-refractivity contribution in [2.75, 3.05) is 0 Å². The van der Waals surface area contributed by atoms with Gasteiger partial charge in [0, 0.05) is 22.3 Å². The fourth-order valence-corrected chi connectivity index (χ4v) is 6.02. The number of aromatic hydroxyl groups is 3. The number of hydrogen-bond acceptors (Lipinski definition) is 3. The van der Waals surface area contributed by atoms with Crippen LogP contribution in [-0.2, 0) is 0 Å². The van der Waals surface area contributed by atoms with Crippen molar-refractivity contribution in [3.63, 3.8) is 0 Å². The lowest BCUT2D eigenvalue weighted by molar-refractivity contribution is 0.414. The van der Waals surface area contributed by atoms with Gasteiger partial charge in [-0.3, -0.25) is 0 Å². The molecule has 0 bridgehead atoms. The van der Waals surface area contributed by atoms with Crippen molar-refractivity contribution in [2.24, 2.45) is 0 Å². The van der Waals surface area contributed by atoms with Gasteiger partial charge in [0.15, 0.2) is 0 Å². The second-order valence-corrected chi connectivity index (χ2v) is 9.86.